The molecule has 3 heterocycles. The number of aryl methyl sites for hydroxylation is 1. The Labute approximate surface area is 152 Å². The minimum absolute atomic E-state index is 0.0923. The molecule has 26 heavy (non-hydrogen) atoms. The number of ether oxygens (including phenoxy) is 1. The van der Waals surface area contributed by atoms with Gasteiger partial charge in [-0.15, -0.1) is 0 Å². The van der Waals surface area contributed by atoms with Crippen LogP contribution in [0.15, 0.2) is 35.5 Å². The van der Waals surface area contributed by atoms with Gasteiger partial charge >= 0.3 is 0 Å². The summed E-state index contributed by atoms with van der Waals surface area (Å²) in [6.07, 6.45) is 6.89. The number of rotatable bonds is 4. The lowest BCUT2D eigenvalue weighted by atomic mass is 10.00. The number of benzene rings is 1. The van der Waals surface area contributed by atoms with Crippen molar-refractivity contribution >= 4 is 10.0 Å². The van der Waals surface area contributed by atoms with Crippen LogP contribution in [0.4, 0.5) is 4.39 Å². The van der Waals surface area contributed by atoms with Crippen molar-refractivity contribution in [2.45, 2.75) is 55.6 Å². The third-order valence-electron chi connectivity index (χ3n) is 5.43. The molecule has 2 aliphatic heterocycles. The molecule has 0 amide bonds. The molecule has 2 fully saturated rings. The quantitative estimate of drug-likeness (QED) is 0.819. The molecule has 0 spiro atoms. The van der Waals surface area contributed by atoms with Gasteiger partial charge in [0.25, 0.3) is 0 Å². The van der Waals surface area contributed by atoms with Gasteiger partial charge in [0.05, 0.1) is 19.3 Å². The monoisotopic (exact) mass is 379 g/mol. The van der Waals surface area contributed by atoms with Gasteiger partial charge in [-0.1, -0.05) is 0 Å². The molecule has 2 bridgehead atoms. The fourth-order valence-electron chi connectivity index (χ4n) is 4.31. The van der Waals surface area contributed by atoms with E-state index in [4.69, 9.17) is 4.74 Å². The summed E-state index contributed by atoms with van der Waals surface area (Å²) in [6.45, 7) is 1.99. The van der Waals surface area contributed by atoms with Crippen molar-refractivity contribution in [1.29, 1.82) is 0 Å². The molecule has 0 radical (unpaired) electrons. The first kappa shape index (κ1) is 17.5. The molecule has 8 heteroatoms. The van der Waals surface area contributed by atoms with Crippen LogP contribution in [0, 0.1) is 12.7 Å². The Morgan fingerprint density at radius 3 is 2.46 bits per heavy atom. The molecule has 140 valence electrons. The lowest BCUT2D eigenvalue weighted by molar-refractivity contribution is 0.184. The average molecular weight is 379 g/mol. The molecular formula is C18H22FN3O3S. The van der Waals surface area contributed by atoms with Crippen molar-refractivity contribution in [3.05, 3.63) is 42.0 Å². The van der Waals surface area contributed by atoms with E-state index in [0.717, 1.165) is 24.5 Å². The zero-order valence-corrected chi connectivity index (χ0v) is 15.6. The predicted molar refractivity (Wildman–Crippen MR) is 94.0 cm³/mol. The largest absolute Gasteiger partial charge is 0.495 e. The maximum absolute atomic E-state index is 13.7. The summed E-state index contributed by atoms with van der Waals surface area (Å²) in [4.78, 5) is -0.0923. The normalized spacial score (nSPS) is 26.2. The molecular weight excluding hydrogens is 357 g/mol. The molecule has 2 aliphatic rings. The third kappa shape index (κ3) is 2.81. The zero-order valence-electron chi connectivity index (χ0n) is 14.8. The van der Waals surface area contributed by atoms with Gasteiger partial charge in [0.15, 0.2) is 0 Å². The van der Waals surface area contributed by atoms with Gasteiger partial charge in [-0.2, -0.15) is 9.40 Å². The number of halogens is 1. The Bertz CT molecular complexity index is 914. The molecule has 6 nitrogen and oxygen atoms in total. The van der Waals surface area contributed by atoms with Gasteiger partial charge in [-0.3, -0.25) is 4.68 Å². The first-order valence-electron chi connectivity index (χ1n) is 8.78. The Balaban J connectivity index is 1.66. The van der Waals surface area contributed by atoms with Gasteiger partial charge in [0.1, 0.15) is 16.5 Å². The summed E-state index contributed by atoms with van der Waals surface area (Å²) in [5.74, 6) is -0.408. The number of sulfonamides is 1. The van der Waals surface area contributed by atoms with Gasteiger partial charge < -0.3 is 4.74 Å². The molecule has 2 aromatic rings. The van der Waals surface area contributed by atoms with E-state index < -0.39 is 15.8 Å². The molecule has 4 rings (SSSR count). The van der Waals surface area contributed by atoms with E-state index in [1.165, 1.54) is 19.2 Å². The fraction of sp³-hybridized carbons (Fsp3) is 0.500. The highest BCUT2D eigenvalue weighted by Crippen LogP contribution is 2.44. The van der Waals surface area contributed by atoms with Crippen molar-refractivity contribution in [2.24, 2.45) is 0 Å². The molecule has 0 aliphatic carbocycles. The Morgan fingerprint density at radius 2 is 1.88 bits per heavy atom. The van der Waals surface area contributed by atoms with Crippen LogP contribution in [-0.4, -0.2) is 41.7 Å². The van der Waals surface area contributed by atoms with Crippen LogP contribution in [0.1, 0.15) is 37.3 Å². The summed E-state index contributed by atoms with van der Waals surface area (Å²) in [5, 5.41) is 4.40. The summed E-state index contributed by atoms with van der Waals surface area (Å²) < 4.78 is 49.0. The van der Waals surface area contributed by atoms with Gasteiger partial charge in [0.2, 0.25) is 10.0 Å². The van der Waals surface area contributed by atoms with Crippen molar-refractivity contribution in [1.82, 2.24) is 14.1 Å². The average Bonchev–Trinajstić information content (AvgIpc) is 3.16. The van der Waals surface area contributed by atoms with Crippen LogP contribution in [0.5, 0.6) is 5.75 Å². The second kappa shape index (κ2) is 6.35. The lowest BCUT2D eigenvalue weighted by Gasteiger charge is -2.38. The highest BCUT2D eigenvalue weighted by molar-refractivity contribution is 7.89. The topological polar surface area (TPSA) is 64.4 Å². The van der Waals surface area contributed by atoms with Crippen molar-refractivity contribution < 1.29 is 17.5 Å². The number of fused-ring (bicyclic) bond motifs is 2. The zero-order chi connectivity index (χ0) is 18.5. The van der Waals surface area contributed by atoms with Crippen LogP contribution in [0.3, 0.4) is 0 Å². The van der Waals surface area contributed by atoms with E-state index in [0.29, 0.717) is 12.8 Å². The van der Waals surface area contributed by atoms with Crippen LogP contribution in [-0.2, 0) is 10.0 Å². The molecule has 0 saturated carbocycles. The van der Waals surface area contributed by atoms with E-state index >= 15 is 0 Å². The second-order valence-corrected chi connectivity index (χ2v) is 8.95. The first-order valence-corrected chi connectivity index (χ1v) is 10.2. The SMILES string of the molecule is COc1ccc(F)cc1S(=O)(=O)N1C2CCC1CC(n1cc(C)cn1)C2. The molecule has 0 N–H and O–H groups in total. The summed E-state index contributed by atoms with van der Waals surface area (Å²) in [7, 11) is -2.43. The maximum Gasteiger partial charge on any atom is 0.247 e. The Morgan fingerprint density at radius 1 is 1.19 bits per heavy atom. The maximum atomic E-state index is 13.7. The highest BCUT2D eigenvalue weighted by Gasteiger charge is 2.48. The van der Waals surface area contributed by atoms with Crippen molar-refractivity contribution in [3.63, 3.8) is 0 Å². The molecule has 1 aromatic carbocycles. The van der Waals surface area contributed by atoms with Gasteiger partial charge in [0, 0.05) is 18.3 Å². The highest BCUT2D eigenvalue weighted by atomic mass is 32.2. The minimum atomic E-state index is -3.82. The smallest absolute Gasteiger partial charge is 0.247 e. The second-order valence-electron chi connectivity index (χ2n) is 7.14. The van der Waals surface area contributed by atoms with E-state index in [1.54, 1.807) is 4.31 Å². The Kier molecular flexibility index (Phi) is 4.27. The Hall–Kier alpha value is -1.93. The van der Waals surface area contributed by atoms with Crippen LogP contribution >= 0.6 is 0 Å². The number of aromatic nitrogens is 2. The van der Waals surface area contributed by atoms with Crippen molar-refractivity contribution in [3.8, 4) is 5.75 Å². The third-order valence-corrected chi connectivity index (χ3v) is 7.45. The van der Waals surface area contributed by atoms with E-state index in [2.05, 4.69) is 5.10 Å². The van der Waals surface area contributed by atoms with Gasteiger partial charge in [-0.25, -0.2) is 12.8 Å². The van der Waals surface area contributed by atoms with E-state index in [-0.39, 0.29) is 28.8 Å². The molecule has 2 atom stereocenters. The minimum Gasteiger partial charge on any atom is -0.495 e. The number of piperidine rings is 1. The molecule has 1 aromatic heterocycles. The van der Waals surface area contributed by atoms with Gasteiger partial charge in [-0.05, 0) is 56.4 Å². The summed E-state index contributed by atoms with van der Waals surface area (Å²) in [6, 6.07) is 3.63. The molecule has 2 unspecified atom stereocenters. The standard InChI is InChI=1S/C18H22FN3O3S/c1-12-10-20-21(11-12)16-8-14-4-5-15(9-16)22(14)26(23,24)18-7-13(19)3-6-17(18)25-2/h3,6-7,10-11,14-16H,4-5,8-9H2,1-2H3. The fourth-order valence-corrected chi connectivity index (χ4v) is 6.37. The van der Waals surface area contributed by atoms with E-state index in [1.807, 2.05) is 24.0 Å². The first-order chi connectivity index (χ1) is 12.4. The number of methoxy groups -OCH3 is 1. The summed E-state index contributed by atoms with van der Waals surface area (Å²) in [5.41, 5.74) is 1.09. The molecule has 2 saturated heterocycles. The van der Waals surface area contributed by atoms with Crippen molar-refractivity contribution in [2.75, 3.05) is 7.11 Å². The van der Waals surface area contributed by atoms with Crippen LogP contribution in [0.25, 0.3) is 0 Å². The van der Waals surface area contributed by atoms with Crippen LogP contribution < -0.4 is 4.74 Å². The number of nitrogens with zero attached hydrogens (tertiary/aromatic N) is 3. The predicted octanol–water partition coefficient (Wildman–Crippen LogP) is 2.90. The lowest BCUT2D eigenvalue weighted by Crippen LogP contribution is -2.47. The van der Waals surface area contributed by atoms with Crippen LogP contribution in [0.2, 0.25) is 0 Å². The van der Waals surface area contributed by atoms with E-state index in [9.17, 15) is 12.8 Å². The number of hydrogen-bond acceptors (Lipinski definition) is 4. The number of hydrogen-bond donors (Lipinski definition) is 0. The summed E-state index contributed by atoms with van der Waals surface area (Å²) >= 11 is 0.